The molecule has 1 N–H and O–H groups in total. The highest BCUT2D eigenvalue weighted by atomic mass is 32.1. The Hall–Kier alpha value is -6.56. The van der Waals surface area contributed by atoms with Gasteiger partial charge in [-0.05, 0) is 82.2 Å². The van der Waals surface area contributed by atoms with E-state index in [0.29, 0.717) is 31.2 Å². The Balaban J connectivity index is 1.26. The van der Waals surface area contributed by atoms with Crippen LogP contribution in [0.4, 0.5) is 10.5 Å². The Bertz CT molecular complexity index is 2630. The van der Waals surface area contributed by atoms with E-state index in [2.05, 4.69) is 11.6 Å². The zero-order valence-corrected chi connectivity index (χ0v) is 43.4. The van der Waals surface area contributed by atoms with E-state index in [-0.39, 0.29) is 24.0 Å². The van der Waals surface area contributed by atoms with E-state index in [9.17, 15) is 48.8 Å². The molecule has 74 heavy (non-hydrogen) atoms. The summed E-state index contributed by atoms with van der Waals surface area (Å²) in [5, 5.41) is 25.1. The number of carbonyl (C=O) groups excluding carboxylic acids is 7. The average molecular weight is 1060 g/mol. The van der Waals surface area contributed by atoms with E-state index < -0.39 is 137 Å². The van der Waals surface area contributed by atoms with Crippen molar-refractivity contribution in [2.45, 2.75) is 161 Å². The number of carbonyl (C=O) groups is 7. The van der Waals surface area contributed by atoms with Gasteiger partial charge in [0.1, 0.15) is 24.6 Å². The third-order valence-electron chi connectivity index (χ3n) is 13.4. The summed E-state index contributed by atoms with van der Waals surface area (Å²) in [6, 6.07) is 8.90. The van der Waals surface area contributed by atoms with Crippen LogP contribution < -0.4 is 4.74 Å². The maximum absolute atomic E-state index is 14.7. The molecule has 3 aromatic rings. The molecule has 0 saturated carbocycles. The maximum Gasteiger partial charge on any atom is 0.508 e. The fourth-order valence-corrected chi connectivity index (χ4v) is 10.2. The summed E-state index contributed by atoms with van der Waals surface area (Å²) >= 11 is 1.52. The Morgan fingerprint density at radius 1 is 0.973 bits per heavy atom. The Labute approximate surface area is 430 Å². The molecule has 0 spiro atoms. The van der Waals surface area contributed by atoms with Gasteiger partial charge < -0.3 is 52.5 Å². The van der Waals surface area contributed by atoms with Crippen molar-refractivity contribution < 1.29 is 91.0 Å². The van der Waals surface area contributed by atoms with E-state index in [4.69, 9.17) is 47.4 Å². The molecule has 3 fully saturated rings. The van der Waals surface area contributed by atoms with Crippen LogP contribution in [-0.2, 0) is 78.0 Å². The smallest absolute Gasteiger partial charge is 0.467 e. The minimum absolute atomic E-state index is 0.00236. The van der Waals surface area contributed by atoms with Gasteiger partial charge >= 0.3 is 41.7 Å². The number of ketones is 1. The number of aliphatic hydroxyl groups excluding tert-OH is 1. The van der Waals surface area contributed by atoms with Crippen LogP contribution in [0, 0.1) is 34.3 Å². The number of benzene rings is 2. The van der Waals surface area contributed by atoms with Gasteiger partial charge in [-0.3, -0.25) is 34.1 Å². The van der Waals surface area contributed by atoms with Crippen molar-refractivity contribution in [3.8, 4) is 5.75 Å². The van der Waals surface area contributed by atoms with E-state index >= 15 is 0 Å². The summed E-state index contributed by atoms with van der Waals surface area (Å²) in [6.07, 6.45) is -11.0. The lowest BCUT2D eigenvalue weighted by atomic mass is 9.71. The summed E-state index contributed by atoms with van der Waals surface area (Å²) in [6.45, 7) is 14.8. The fraction of sp³-hybridized carbons (Fsp3) is 0.569. The predicted octanol–water partition coefficient (Wildman–Crippen LogP) is 6.80. The largest absolute Gasteiger partial charge is 0.508 e. The summed E-state index contributed by atoms with van der Waals surface area (Å²) in [5.41, 5.74) is -1.54. The number of aromatic nitrogens is 1. The predicted molar refractivity (Wildman–Crippen MR) is 258 cm³/mol. The number of ether oxygens (including phenoxy) is 10. The second-order valence-electron chi connectivity index (χ2n) is 19.4. The normalized spacial score (nSPS) is 29.3. The van der Waals surface area contributed by atoms with Crippen molar-refractivity contribution >= 4 is 69.0 Å². The van der Waals surface area contributed by atoms with E-state index in [0.717, 1.165) is 55.2 Å². The highest BCUT2D eigenvalue weighted by Crippen LogP contribution is 2.47. The molecule has 23 heteroatoms. The number of fused-ring (bicyclic) bond motifs is 2. The summed E-state index contributed by atoms with van der Waals surface area (Å²) in [4.78, 5) is 108. The van der Waals surface area contributed by atoms with Crippen molar-refractivity contribution in [3.05, 3.63) is 75.3 Å². The van der Waals surface area contributed by atoms with Crippen molar-refractivity contribution in [2.24, 2.45) is 17.3 Å². The molecule has 12 atom stereocenters. The molecule has 6 rings (SSSR count). The van der Waals surface area contributed by atoms with Crippen LogP contribution in [0.2, 0.25) is 0 Å². The first kappa shape index (κ1) is 56.7. The number of hydrogen-bond acceptors (Lipinski definition) is 22. The number of epoxide rings is 1. The standard InChI is InChI=1S/C51H62N2O20S/c1-11-13-32-41(58)25(2)14-12-19-51(9)39(73-51)22-36(31-16-18-37-33(21-31)52-26(3)74-37)69-40(57)23-38(50(7,8)46(32)59)71-49(61)65-24-30-15-17-35(34(20-30)53(62)63)70-48-45(68-29(6)56)43(67-28(5)55)42(66-27(4)54)44(72-48)47(60)64-10/h11,15-18,20-21,25,32,36,38-39,41-45,48,58H,1,12-14,19,22-24H2,2-10H3/t25?,32-,36+,38+,39+,41+,42+,43+,44+,45-,48-,51-/m1/s1. The van der Waals surface area contributed by atoms with Crippen LogP contribution in [0.3, 0.4) is 0 Å². The minimum atomic E-state index is -1.93. The van der Waals surface area contributed by atoms with E-state index in [1.165, 1.54) is 37.3 Å². The molecule has 3 aliphatic heterocycles. The minimum Gasteiger partial charge on any atom is -0.467 e. The van der Waals surface area contributed by atoms with Gasteiger partial charge in [0.2, 0.25) is 12.4 Å². The number of nitro groups is 1. The molecule has 22 nitrogen and oxygen atoms in total. The number of methoxy groups -OCH3 is 1. The van der Waals surface area contributed by atoms with Gasteiger partial charge in [-0.25, -0.2) is 14.6 Å². The number of rotatable bonds is 13. The molecule has 3 aliphatic rings. The van der Waals surface area contributed by atoms with Crippen LogP contribution in [0.1, 0.15) is 109 Å². The number of allylic oxidation sites excluding steroid dienone is 1. The molecule has 0 aliphatic carbocycles. The van der Waals surface area contributed by atoms with Crippen LogP contribution in [-0.4, -0.2) is 119 Å². The van der Waals surface area contributed by atoms with Crippen molar-refractivity contribution in [1.29, 1.82) is 0 Å². The third kappa shape index (κ3) is 13.6. The van der Waals surface area contributed by atoms with Gasteiger partial charge in [0.05, 0.1) is 56.9 Å². The zero-order chi connectivity index (χ0) is 54.4. The number of aliphatic hydroxyl groups is 1. The van der Waals surface area contributed by atoms with Gasteiger partial charge in [0.25, 0.3) is 0 Å². The Morgan fingerprint density at radius 3 is 2.30 bits per heavy atom. The molecule has 0 bridgehead atoms. The van der Waals surface area contributed by atoms with Crippen LogP contribution in [0.15, 0.2) is 49.1 Å². The molecule has 1 unspecified atom stereocenters. The second-order valence-corrected chi connectivity index (χ2v) is 20.6. The molecule has 1 aromatic heterocycles. The summed E-state index contributed by atoms with van der Waals surface area (Å²) < 4.78 is 56.9. The summed E-state index contributed by atoms with van der Waals surface area (Å²) in [5.74, 6) is -7.24. The third-order valence-corrected chi connectivity index (χ3v) is 14.3. The topological polar surface area (TPSA) is 291 Å². The number of nitro benzene ring substituents is 1. The molecule has 402 valence electrons. The fourth-order valence-electron chi connectivity index (χ4n) is 9.36. The van der Waals surface area contributed by atoms with E-state index in [1.54, 1.807) is 0 Å². The summed E-state index contributed by atoms with van der Waals surface area (Å²) in [7, 11) is 0.984. The van der Waals surface area contributed by atoms with Crippen LogP contribution in [0.5, 0.6) is 5.75 Å². The lowest BCUT2D eigenvalue weighted by Gasteiger charge is -2.42. The number of Topliss-reactive ketones (excluding diaryl/α,β-unsaturated/α-hetero) is 1. The molecule has 0 radical (unpaired) electrons. The van der Waals surface area contributed by atoms with Crippen molar-refractivity contribution in [1.82, 2.24) is 4.98 Å². The van der Waals surface area contributed by atoms with E-state index in [1.807, 2.05) is 39.0 Å². The number of esters is 5. The molecular weight excluding hydrogens is 993 g/mol. The van der Waals surface area contributed by atoms with Gasteiger partial charge in [0, 0.05) is 39.2 Å². The quantitative estimate of drug-likeness (QED) is 0.0460. The number of aryl methyl sites for hydroxylation is 1. The van der Waals surface area contributed by atoms with Gasteiger partial charge in [-0.2, -0.15) is 0 Å². The molecule has 4 heterocycles. The van der Waals surface area contributed by atoms with Crippen LogP contribution >= 0.6 is 11.3 Å². The highest BCUT2D eigenvalue weighted by Gasteiger charge is 2.57. The van der Waals surface area contributed by atoms with Gasteiger partial charge in [-0.15, -0.1) is 17.9 Å². The Kier molecular flexibility index (Phi) is 18.2. The van der Waals surface area contributed by atoms with Crippen molar-refractivity contribution in [2.75, 3.05) is 7.11 Å². The maximum atomic E-state index is 14.7. The Morgan fingerprint density at radius 2 is 1.65 bits per heavy atom. The van der Waals surface area contributed by atoms with Gasteiger partial charge in [-0.1, -0.05) is 31.6 Å². The first-order valence-electron chi connectivity index (χ1n) is 24.0. The lowest BCUT2D eigenvalue weighted by molar-refractivity contribution is -0.387. The zero-order valence-electron chi connectivity index (χ0n) is 42.6. The second kappa shape index (κ2) is 23.8. The monoisotopic (exact) mass is 1050 g/mol. The first-order valence-corrected chi connectivity index (χ1v) is 24.8. The van der Waals surface area contributed by atoms with Crippen LogP contribution in [0.25, 0.3) is 10.2 Å². The number of nitrogens with zero attached hydrogens (tertiary/aromatic N) is 2. The number of hydrogen-bond donors (Lipinski definition) is 1. The molecule has 0 amide bonds. The van der Waals surface area contributed by atoms with Crippen molar-refractivity contribution in [3.63, 3.8) is 0 Å². The molecule has 3 saturated heterocycles. The van der Waals surface area contributed by atoms with Gasteiger partial charge in [0.15, 0.2) is 24.1 Å². The molecule has 2 aromatic carbocycles. The number of cyclic esters (lactones) is 1. The first-order chi connectivity index (χ1) is 34.8. The lowest BCUT2D eigenvalue weighted by Crippen LogP contribution is -2.64. The SMILES string of the molecule is C=CC[C@H]1C(=O)C(C)(C)[C@@H](OC(=O)OCc2ccc(O[C@@H]3O[C@H](C(=O)OC)[C@@H](OC(C)=O)[C@H](OC(C)=O)[C@H]3OC(C)=O)c([N+](=O)[O-])c2)CC(=O)O[C@H](c2ccc3sc(C)nc3c2)C[C@@H]2O[C@]2(C)CCCC(C)[C@@H]1O. The molecular formula is C51H62N2O20S. The highest BCUT2D eigenvalue weighted by molar-refractivity contribution is 7.18. The average Bonchev–Trinajstić information content (AvgIpc) is 3.80. The number of thiazole rings is 1.